The molecule has 0 atom stereocenters. The van der Waals surface area contributed by atoms with Gasteiger partial charge in [-0.25, -0.2) is 13.1 Å². The van der Waals surface area contributed by atoms with Crippen LogP contribution < -0.4 is 4.72 Å². The van der Waals surface area contributed by atoms with Crippen LogP contribution in [0.2, 0.25) is 0 Å². The molecule has 1 saturated carbocycles. The third-order valence-corrected chi connectivity index (χ3v) is 6.12. The Bertz CT molecular complexity index is 308. The molecular weight excluding hydrogens is 238 g/mol. The maximum atomic E-state index is 12.0. The third-order valence-electron chi connectivity index (χ3n) is 4.22. The highest BCUT2D eigenvalue weighted by Gasteiger charge is 2.32. The standard InChI is InChI=1S/C12H25NO3S/c1-3-12(4-2,10-14)9-13-17(15,16)11-7-5-6-8-11/h11,13-14H,3-10H2,1-2H3. The number of sulfonamides is 1. The van der Waals surface area contributed by atoms with E-state index in [0.717, 1.165) is 38.5 Å². The summed E-state index contributed by atoms with van der Waals surface area (Å²) in [4.78, 5) is 0. The van der Waals surface area contributed by atoms with Gasteiger partial charge in [-0.1, -0.05) is 26.7 Å². The summed E-state index contributed by atoms with van der Waals surface area (Å²) in [5.74, 6) is 0. The van der Waals surface area contributed by atoms with E-state index in [-0.39, 0.29) is 17.3 Å². The average molecular weight is 263 g/mol. The summed E-state index contributed by atoms with van der Waals surface area (Å²) in [6, 6.07) is 0. The molecule has 17 heavy (non-hydrogen) atoms. The van der Waals surface area contributed by atoms with Crippen LogP contribution in [-0.2, 0) is 10.0 Å². The molecule has 0 aromatic carbocycles. The van der Waals surface area contributed by atoms with E-state index in [1.165, 1.54) is 0 Å². The number of hydrogen-bond donors (Lipinski definition) is 2. The predicted molar refractivity (Wildman–Crippen MR) is 69.3 cm³/mol. The van der Waals surface area contributed by atoms with Crippen LogP contribution in [0.4, 0.5) is 0 Å². The van der Waals surface area contributed by atoms with Gasteiger partial charge in [0.1, 0.15) is 0 Å². The highest BCUT2D eigenvalue weighted by molar-refractivity contribution is 7.90. The van der Waals surface area contributed by atoms with E-state index in [9.17, 15) is 13.5 Å². The van der Waals surface area contributed by atoms with Gasteiger partial charge >= 0.3 is 0 Å². The van der Waals surface area contributed by atoms with Crippen LogP contribution in [0.25, 0.3) is 0 Å². The van der Waals surface area contributed by atoms with Gasteiger partial charge in [-0.3, -0.25) is 0 Å². The van der Waals surface area contributed by atoms with Crippen LogP contribution in [0.3, 0.4) is 0 Å². The molecule has 0 aromatic heterocycles. The van der Waals surface area contributed by atoms with Crippen molar-refractivity contribution in [3.05, 3.63) is 0 Å². The summed E-state index contributed by atoms with van der Waals surface area (Å²) in [6.45, 7) is 4.37. The van der Waals surface area contributed by atoms with Crippen molar-refractivity contribution in [1.82, 2.24) is 4.72 Å². The topological polar surface area (TPSA) is 66.4 Å². The quantitative estimate of drug-likeness (QED) is 0.734. The van der Waals surface area contributed by atoms with Crippen LogP contribution >= 0.6 is 0 Å². The Labute approximate surface area is 105 Å². The summed E-state index contributed by atoms with van der Waals surface area (Å²) in [5.41, 5.74) is -0.300. The van der Waals surface area contributed by atoms with Gasteiger partial charge in [0.2, 0.25) is 10.0 Å². The van der Waals surface area contributed by atoms with Gasteiger partial charge in [-0.05, 0) is 25.7 Å². The Hall–Kier alpha value is -0.130. The highest BCUT2D eigenvalue weighted by atomic mass is 32.2. The van der Waals surface area contributed by atoms with Crippen LogP contribution in [-0.4, -0.2) is 31.9 Å². The van der Waals surface area contributed by atoms with Crippen molar-refractivity contribution in [1.29, 1.82) is 0 Å². The number of rotatable bonds is 7. The van der Waals surface area contributed by atoms with Gasteiger partial charge in [0.15, 0.2) is 0 Å². The molecule has 0 heterocycles. The zero-order valence-corrected chi connectivity index (χ0v) is 11.7. The van der Waals surface area contributed by atoms with Gasteiger partial charge < -0.3 is 5.11 Å². The zero-order chi connectivity index (χ0) is 12.9. The minimum atomic E-state index is -3.18. The fourth-order valence-electron chi connectivity index (χ4n) is 2.35. The molecule has 0 unspecified atom stereocenters. The lowest BCUT2D eigenvalue weighted by molar-refractivity contribution is 0.119. The number of aliphatic hydroxyl groups is 1. The largest absolute Gasteiger partial charge is 0.396 e. The van der Waals surface area contributed by atoms with Crippen molar-refractivity contribution in [2.75, 3.05) is 13.2 Å². The average Bonchev–Trinajstić information content (AvgIpc) is 2.86. The van der Waals surface area contributed by atoms with Crippen molar-refractivity contribution in [2.45, 2.75) is 57.6 Å². The molecule has 0 aromatic rings. The van der Waals surface area contributed by atoms with E-state index >= 15 is 0 Å². The molecule has 4 nitrogen and oxygen atoms in total. The Balaban J connectivity index is 2.59. The zero-order valence-electron chi connectivity index (χ0n) is 10.9. The van der Waals surface area contributed by atoms with Crippen molar-refractivity contribution >= 4 is 10.0 Å². The lowest BCUT2D eigenvalue weighted by Gasteiger charge is -2.30. The first-order valence-corrected chi connectivity index (χ1v) is 8.13. The maximum absolute atomic E-state index is 12.0. The van der Waals surface area contributed by atoms with Gasteiger partial charge in [0.05, 0.1) is 5.25 Å². The second kappa shape index (κ2) is 6.16. The van der Waals surface area contributed by atoms with E-state index in [0.29, 0.717) is 6.54 Å². The fourth-order valence-corrected chi connectivity index (χ4v) is 4.05. The molecule has 0 saturated heterocycles. The minimum absolute atomic E-state index is 0.0349. The van der Waals surface area contributed by atoms with E-state index in [2.05, 4.69) is 4.72 Å². The van der Waals surface area contributed by atoms with Crippen LogP contribution in [0, 0.1) is 5.41 Å². The summed E-state index contributed by atoms with van der Waals surface area (Å²) < 4.78 is 26.8. The summed E-state index contributed by atoms with van der Waals surface area (Å²) in [6.07, 6.45) is 5.15. The molecule has 1 aliphatic carbocycles. The fraction of sp³-hybridized carbons (Fsp3) is 1.00. The number of nitrogens with one attached hydrogen (secondary N) is 1. The van der Waals surface area contributed by atoms with E-state index in [1.54, 1.807) is 0 Å². The Morgan fingerprint density at radius 1 is 1.24 bits per heavy atom. The first-order chi connectivity index (χ1) is 7.99. The molecule has 1 rings (SSSR count). The molecule has 0 bridgehead atoms. The minimum Gasteiger partial charge on any atom is -0.396 e. The molecule has 1 aliphatic rings. The highest BCUT2D eigenvalue weighted by Crippen LogP contribution is 2.27. The second-order valence-corrected chi connectivity index (χ2v) is 7.18. The molecular formula is C12H25NO3S. The second-order valence-electron chi connectivity index (χ2n) is 5.14. The number of aliphatic hydroxyl groups excluding tert-OH is 1. The van der Waals surface area contributed by atoms with Gasteiger partial charge in [0, 0.05) is 18.6 Å². The third kappa shape index (κ3) is 3.66. The van der Waals surface area contributed by atoms with Gasteiger partial charge in [-0.2, -0.15) is 0 Å². The normalized spacial score (nSPS) is 18.8. The molecule has 0 amide bonds. The SMILES string of the molecule is CCC(CC)(CO)CNS(=O)(=O)C1CCCC1. The van der Waals surface area contributed by atoms with Gasteiger partial charge in [0.25, 0.3) is 0 Å². The van der Waals surface area contributed by atoms with Crippen molar-refractivity contribution in [2.24, 2.45) is 5.41 Å². The van der Waals surface area contributed by atoms with Crippen molar-refractivity contribution in [3.8, 4) is 0 Å². The number of hydrogen-bond acceptors (Lipinski definition) is 3. The Morgan fingerprint density at radius 2 is 1.76 bits per heavy atom. The molecule has 5 heteroatoms. The molecule has 0 aliphatic heterocycles. The van der Waals surface area contributed by atoms with Gasteiger partial charge in [-0.15, -0.1) is 0 Å². The van der Waals surface area contributed by atoms with Crippen molar-refractivity contribution < 1.29 is 13.5 Å². The molecule has 2 N–H and O–H groups in total. The lowest BCUT2D eigenvalue weighted by Crippen LogP contribution is -2.42. The Morgan fingerprint density at radius 3 is 2.18 bits per heavy atom. The lowest BCUT2D eigenvalue weighted by atomic mass is 9.84. The Kier molecular flexibility index (Phi) is 5.41. The first-order valence-electron chi connectivity index (χ1n) is 6.59. The van der Waals surface area contributed by atoms with E-state index in [4.69, 9.17) is 0 Å². The molecule has 0 radical (unpaired) electrons. The van der Waals surface area contributed by atoms with E-state index in [1.807, 2.05) is 13.8 Å². The van der Waals surface area contributed by atoms with E-state index < -0.39 is 10.0 Å². The van der Waals surface area contributed by atoms with Crippen LogP contribution in [0.15, 0.2) is 0 Å². The predicted octanol–water partition coefficient (Wildman–Crippen LogP) is 1.65. The van der Waals surface area contributed by atoms with Crippen LogP contribution in [0.5, 0.6) is 0 Å². The summed E-state index contributed by atoms with van der Waals surface area (Å²) in [7, 11) is -3.18. The maximum Gasteiger partial charge on any atom is 0.214 e. The molecule has 0 spiro atoms. The first kappa shape index (κ1) is 14.9. The monoisotopic (exact) mass is 263 g/mol. The summed E-state index contributed by atoms with van der Waals surface area (Å²) in [5, 5.41) is 9.19. The van der Waals surface area contributed by atoms with Crippen LogP contribution in [0.1, 0.15) is 52.4 Å². The summed E-state index contributed by atoms with van der Waals surface area (Å²) >= 11 is 0. The molecule has 1 fully saturated rings. The molecule has 102 valence electrons. The van der Waals surface area contributed by atoms with Crippen molar-refractivity contribution in [3.63, 3.8) is 0 Å². The smallest absolute Gasteiger partial charge is 0.214 e.